The molecule has 1 aliphatic heterocycles. The molecule has 1 saturated carbocycles. The van der Waals surface area contributed by atoms with Gasteiger partial charge < -0.3 is 15.0 Å². The lowest BCUT2D eigenvalue weighted by atomic mass is 10.1. The van der Waals surface area contributed by atoms with E-state index in [9.17, 15) is 13.2 Å². The Kier molecular flexibility index (Phi) is 5.55. The number of anilines is 1. The quantitative estimate of drug-likeness (QED) is 0.401. The van der Waals surface area contributed by atoms with E-state index in [1.165, 1.54) is 0 Å². The fraction of sp³-hybridized carbons (Fsp3) is 0.476. The molecule has 0 bridgehead atoms. The second-order valence-electron chi connectivity index (χ2n) is 8.79. The Morgan fingerprint density at radius 1 is 1.18 bits per heavy atom. The molecule has 1 aromatic carbocycles. The number of ether oxygens (including phenoxy) is 1. The van der Waals surface area contributed by atoms with Gasteiger partial charge in [-0.25, -0.2) is 8.78 Å². The molecule has 7 nitrogen and oxygen atoms in total. The van der Waals surface area contributed by atoms with Gasteiger partial charge in [-0.2, -0.15) is 32.8 Å². The van der Waals surface area contributed by atoms with E-state index in [0.29, 0.717) is 24.4 Å². The van der Waals surface area contributed by atoms with E-state index in [1.807, 2.05) is 7.05 Å². The minimum atomic E-state index is -4.65. The number of aromatic nitrogens is 4. The van der Waals surface area contributed by atoms with Crippen LogP contribution in [0.1, 0.15) is 6.92 Å². The van der Waals surface area contributed by atoms with Crippen LogP contribution >= 0.6 is 11.6 Å². The van der Waals surface area contributed by atoms with E-state index in [-0.39, 0.29) is 11.5 Å². The first-order valence-corrected chi connectivity index (χ1v) is 11.0. The number of benzene rings is 1. The van der Waals surface area contributed by atoms with Crippen LogP contribution in [0.5, 0.6) is 5.75 Å². The molecule has 34 heavy (non-hydrogen) atoms. The largest absolute Gasteiger partial charge is 0.493 e. The average molecular weight is 503 g/mol. The number of piperidine rings is 1. The third kappa shape index (κ3) is 4.02. The molecule has 4 atom stereocenters. The van der Waals surface area contributed by atoms with Gasteiger partial charge in [0, 0.05) is 31.1 Å². The lowest BCUT2D eigenvalue weighted by Crippen LogP contribution is -2.34. The molecule has 182 valence electrons. The van der Waals surface area contributed by atoms with Crippen molar-refractivity contribution in [3.8, 4) is 16.9 Å². The van der Waals surface area contributed by atoms with E-state index in [2.05, 4.69) is 25.3 Å². The molecule has 0 spiro atoms. The number of likely N-dealkylation sites (tertiary alicyclic amines) is 1. The van der Waals surface area contributed by atoms with Gasteiger partial charge in [0.15, 0.2) is 0 Å². The van der Waals surface area contributed by atoms with Gasteiger partial charge in [-0.1, -0.05) is 11.6 Å². The summed E-state index contributed by atoms with van der Waals surface area (Å²) in [6, 6.07) is -0.105. The van der Waals surface area contributed by atoms with Crippen LogP contribution in [0.25, 0.3) is 16.9 Å². The highest BCUT2D eigenvalue weighted by Gasteiger charge is 2.54. The second-order valence-corrected chi connectivity index (χ2v) is 9.15. The van der Waals surface area contributed by atoms with Crippen LogP contribution in [0.2, 0.25) is 5.15 Å². The zero-order valence-corrected chi connectivity index (χ0v) is 18.8. The van der Waals surface area contributed by atoms with Crippen molar-refractivity contribution in [2.24, 2.45) is 17.8 Å². The number of hydrogen-bond donors (Lipinski definition) is 1. The molecule has 1 aliphatic carbocycles. The molecule has 2 aromatic heterocycles. The minimum absolute atomic E-state index is 0.0128. The summed E-state index contributed by atoms with van der Waals surface area (Å²) in [4.78, 5) is 9.95. The fourth-order valence-electron chi connectivity index (χ4n) is 4.63. The number of nitrogens with zero attached hydrogens (tertiary/aromatic N) is 5. The van der Waals surface area contributed by atoms with Gasteiger partial charge in [-0.15, -0.1) is 0 Å². The SMILES string of the molecule is C[C@H](Nc1c(-c2c(F)cc(OCC3[C@H]4CN(C)C[C@@H]34)cc2F)c(Cl)nc2ncnn12)C(F)(F)F. The molecule has 3 heterocycles. The first kappa shape index (κ1) is 23.0. The molecule has 0 radical (unpaired) electrons. The Labute approximate surface area is 195 Å². The van der Waals surface area contributed by atoms with Crippen molar-refractivity contribution >= 4 is 23.2 Å². The van der Waals surface area contributed by atoms with E-state index in [0.717, 1.165) is 43.0 Å². The number of halogens is 6. The number of rotatable bonds is 6. The van der Waals surface area contributed by atoms with Crippen molar-refractivity contribution in [3.05, 3.63) is 35.2 Å². The smallest absolute Gasteiger partial charge is 0.408 e. The third-order valence-electron chi connectivity index (χ3n) is 6.49. The Morgan fingerprint density at radius 2 is 1.82 bits per heavy atom. The van der Waals surface area contributed by atoms with Crippen LogP contribution in [0, 0.1) is 29.4 Å². The summed E-state index contributed by atoms with van der Waals surface area (Å²) >= 11 is 6.18. The summed E-state index contributed by atoms with van der Waals surface area (Å²) in [6.07, 6.45) is -3.61. The zero-order chi connectivity index (χ0) is 24.4. The van der Waals surface area contributed by atoms with Crippen LogP contribution in [0.15, 0.2) is 18.5 Å². The highest BCUT2D eigenvalue weighted by Crippen LogP contribution is 2.51. The lowest BCUT2D eigenvalue weighted by molar-refractivity contribution is -0.138. The van der Waals surface area contributed by atoms with Crippen molar-refractivity contribution < 1.29 is 26.7 Å². The lowest BCUT2D eigenvalue weighted by Gasteiger charge is -2.22. The van der Waals surface area contributed by atoms with Gasteiger partial charge in [0.2, 0.25) is 0 Å². The Balaban J connectivity index is 1.48. The van der Waals surface area contributed by atoms with Crippen molar-refractivity contribution in [1.82, 2.24) is 24.5 Å². The van der Waals surface area contributed by atoms with Crippen LogP contribution in [0.4, 0.5) is 27.8 Å². The summed E-state index contributed by atoms with van der Waals surface area (Å²) in [5.41, 5.74) is -1.05. The zero-order valence-electron chi connectivity index (χ0n) is 18.1. The maximum Gasteiger partial charge on any atom is 0.408 e. The molecular weight excluding hydrogens is 483 g/mol. The third-order valence-corrected chi connectivity index (χ3v) is 6.76. The summed E-state index contributed by atoms with van der Waals surface area (Å²) in [6.45, 7) is 3.14. The summed E-state index contributed by atoms with van der Waals surface area (Å²) < 4.78 is 76.6. The van der Waals surface area contributed by atoms with Crippen molar-refractivity contribution in [1.29, 1.82) is 0 Å². The molecule has 5 rings (SSSR count). The van der Waals surface area contributed by atoms with E-state index < -0.39 is 46.0 Å². The van der Waals surface area contributed by atoms with Gasteiger partial charge >= 0.3 is 6.18 Å². The standard InChI is InChI=1S/C21H20ClF5N6O/c1-9(21(25,26)27)30-19-17(18(22)31-20-28-8-29-33(19)20)16-14(23)3-10(4-15(16)24)34-7-13-11-5-32(2)6-12(11)13/h3-4,8-9,11-13,30H,5-7H2,1-2H3/t9-,11-,12+,13?/m0/s1. The molecule has 1 unspecified atom stereocenters. The average Bonchev–Trinajstić information content (AvgIpc) is 3.06. The van der Waals surface area contributed by atoms with Gasteiger partial charge in [0.25, 0.3) is 5.78 Å². The van der Waals surface area contributed by atoms with Crippen molar-refractivity contribution in [2.45, 2.75) is 19.1 Å². The topological polar surface area (TPSA) is 67.6 Å². The van der Waals surface area contributed by atoms with Crippen molar-refractivity contribution in [3.63, 3.8) is 0 Å². The van der Waals surface area contributed by atoms with Crippen LogP contribution in [-0.2, 0) is 0 Å². The Bertz CT molecular complexity index is 1220. The molecule has 2 fully saturated rings. The molecule has 1 saturated heterocycles. The van der Waals surface area contributed by atoms with Gasteiger partial charge in [-0.05, 0) is 25.8 Å². The van der Waals surface area contributed by atoms with Gasteiger partial charge in [-0.3, -0.25) is 0 Å². The Morgan fingerprint density at radius 3 is 2.44 bits per heavy atom. The molecule has 13 heteroatoms. The highest BCUT2D eigenvalue weighted by atomic mass is 35.5. The number of hydrogen-bond acceptors (Lipinski definition) is 6. The van der Waals surface area contributed by atoms with Crippen LogP contribution in [0.3, 0.4) is 0 Å². The van der Waals surface area contributed by atoms with E-state index in [1.54, 1.807) is 0 Å². The highest BCUT2D eigenvalue weighted by molar-refractivity contribution is 6.33. The fourth-order valence-corrected chi connectivity index (χ4v) is 4.89. The second kappa shape index (κ2) is 8.19. The molecule has 1 N–H and O–H groups in total. The first-order valence-electron chi connectivity index (χ1n) is 10.6. The number of alkyl halides is 3. The van der Waals surface area contributed by atoms with Gasteiger partial charge in [0.1, 0.15) is 40.7 Å². The predicted octanol–water partition coefficient (Wildman–Crippen LogP) is 4.27. The molecule has 2 aliphatic rings. The molecule has 3 aromatic rings. The maximum absolute atomic E-state index is 15.2. The van der Waals surface area contributed by atoms with E-state index >= 15 is 8.78 Å². The first-order chi connectivity index (χ1) is 16.0. The minimum Gasteiger partial charge on any atom is -0.493 e. The predicted molar refractivity (Wildman–Crippen MR) is 114 cm³/mol. The van der Waals surface area contributed by atoms with Crippen LogP contribution in [-0.4, -0.2) is 63.4 Å². The van der Waals surface area contributed by atoms with E-state index in [4.69, 9.17) is 16.3 Å². The maximum atomic E-state index is 15.2. The van der Waals surface area contributed by atoms with Gasteiger partial charge in [0.05, 0.1) is 17.7 Å². The number of fused-ring (bicyclic) bond motifs is 2. The summed E-state index contributed by atoms with van der Waals surface area (Å²) in [5.74, 6) is -1.25. The summed E-state index contributed by atoms with van der Waals surface area (Å²) in [5, 5.41) is 5.60. The summed E-state index contributed by atoms with van der Waals surface area (Å²) in [7, 11) is 2.04. The normalized spacial score (nSPS) is 23.2. The molecular formula is C21H20ClF5N6O. The van der Waals surface area contributed by atoms with Crippen molar-refractivity contribution in [2.75, 3.05) is 32.1 Å². The number of nitrogens with one attached hydrogen (secondary N) is 1. The van der Waals surface area contributed by atoms with Crippen LogP contribution < -0.4 is 10.1 Å². The molecule has 0 amide bonds. The Hall–Kier alpha value is -2.73. The monoisotopic (exact) mass is 502 g/mol.